The van der Waals surface area contributed by atoms with E-state index in [0.717, 1.165) is 8.95 Å². The van der Waals surface area contributed by atoms with E-state index in [4.69, 9.17) is 0 Å². The summed E-state index contributed by atoms with van der Waals surface area (Å²) in [4.78, 5) is 0. The predicted molar refractivity (Wildman–Crippen MR) is 172 cm³/mol. The Morgan fingerprint density at radius 1 is 0.395 bits per heavy atom. The maximum absolute atomic E-state index is 3.74. The van der Waals surface area contributed by atoms with Gasteiger partial charge in [-0.05, 0) is 110 Å². The number of hydrogen-bond donors (Lipinski definition) is 0. The van der Waals surface area contributed by atoms with Crippen LogP contribution < -0.4 is 0 Å². The fourth-order valence-electron chi connectivity index (χ4n) is 5.97. The highest BCUT2D eigenvalue weighted by Gasteiger charge is 2.16. The van der Waals surface area contributed by atoms with E-state index in [1.807, 2.05) is 0 Å². The molecule has 0 unspecified atom stereocenters. The zero-order valence-corrected chi connectivity index (χ0v) is 24.3. The fraction of sp³-hybridized carbons (Fsp3) is 0.0556. The van der Waals surface area contributed by atoms with E-state index in [9.17, 15) is 0 Å². The van der Waals surface area contributed by atoms with Gasteiger partial charge in [0.25, 0.3) is 0 Å². The summed E-state index contributed by atoms with van der Waals surface area (Å²) in [6.07, 6.45) is 0. The first-order valence-corrected chi connectivity index (χ1v) is 14.4. The van der Waals surface area contributed by atoms with Crippen LogP contribution in [0.15, 0.2) is 118 Å². The number of aryl methyl sites for hydroxylation is 2. The van der Waals surface area contributed by atoms with Crippen LogP contribution in [0.3, 0.4) is 0 Å². The van der Waals surface area contributed by atoms with Crippen LogP contribution in [-0.4, -0.2) is 0 Å². The summed E-state index contributed by atoms with van der Waals surface area (Å²) in [6.45, 7) is 4.33. The van der Waals surface area contributed by atoms with Gasteiger partial charge in [-0.3, -0.25) is 0 Å². The molecule has 0 bridgehead atoms. The van der Waals surface area contributed by atoms with Crippen molar-refractivity contribution in [2.45, 2.75) is 13.8 Å². The minimum Gasteiger partial charge on any atom is -0.0563 e. The molecule has 0 aliphatic carbocycles. The lowest BCUT2D eigenvalue weighted by molar-refractivity contribution is 1.38. The van der Waals surface area contributed by atoms with E-state index in [2.05, 4.69) is 155 Å². The molecule has 7 aromatic rings. The number of benzene rings is 7. The molecule has 182 valence electrons. The third kappa shape index (κ3) is 3.95. The molecule has 0 aromatic heterocycles. The van der Waals surface area contributed by atoms with Gasteiger partial charge < -0.3 is 0 Å². The second-order valence-electron chi connectivity index (χ2n) is 10.3. The molecule has 0 N–H and O–H groups in total. The molecular weight excluding hydrogens is 592 g/mol. The Labute approximate surface area is 239 Å². The highest BCUT2D eigenvalue weighted by Crippen LogP contribution is 2.44. The fourth-order valence-corrected chi connectivity index (χ4v) is 6.69. The molecule has 0 spiro atoms. The van der Waals surface area contributed by atoms with Gasteiger partial charge in [0.15, 0.2) is 0 Å². The van der Waals surface area contributed by atoms with Crippen LogP contribution in [-0.2, 0) is 0 Å². The van der Waals surface area contributed by atoms with Crippen LogP contribution in [0, 0.1) is 13.8 Å². The van der Waals surface area contributed by atoms with Gasteiger partial charge in [-0.1, -0.05) is 122 Å². The molecule has 0 heterocycles. The first kappa shape index (κ1) is 23.6. The Kier molecular flexibility index (Phi) is 5.65. The van der Waals surface area contributed by atoms with Gasteiger partial charge in [0.05, 0.1) is 0 Å². The molecule has 7 rings (SSSR count). The number of rotatable bonds is 2. The molecule has 0 saturated heterocycles. The normalized spacial score (nSPS) is 11.7. The minimum atomic E-state index is 1.09. The molecule has 0 aliphatic heterocycles. The molecule has 0 fully saturated rings. The summed E-state index contributed by atoms with van der Waals surface area (Å²) in [5.74, 6) is 0. The van der Waals surface area contributed by atoms with E-state index in [-0.39, 0.29) is 0 Å². The van der Waals surface area contributed by atoms with Crippen molar-refractivity contribution in [3.05, 3.63) is 129 Å². The molecule has 0 amide bonds. The largest absolute Gasteiger partial charge is 0.0563 e. The van der Waals surface area contributed by atoms with Gasteiger partial charge in [0.1, 0.15) is 0 Å². The Morgan fingerprint density at radius 2 is 0.842 bits per heavy atom. The van der Waals surface area contributed by atoms with E-state index in [1.54, 1.807) is 0 Å². The van der Waals surface area contributed by atoms with Crippen LogP contribution in [0.2, 0.25) is 0 Å². The van der Waals surface area contributed by atoms with Gasteiger partial charge >= 0.3 is 0 Å². The topological polar surface area (TPSA) is 0 Å². The Bertz CT molecular complexity index is 1930. The lowest BCUT2D eigenvalue weighted by Gasteiger charge is -2.17. The standard InChI is InChI=1S/C36H24Br2/c1-21-15-22(2)17-29(16-21)23-3-7-26(8-4-23)36-34-27(9-5-24-11-13-30(37)19-32(24)34)18-28-10-6-25-12-14-31(38)20-33(25)35(28)36/h3-20H,1-2H3. The molecule has 0 aliphatic rings. The summed E-state index contributed by atoms with van der Waals surface area (Å²) >= 11 is 7.48. The van der Waals surface area contributed by atoms with E-state index in [1.165, 1.54) is 76.5 Å². The quantitative estimate of drug-likeness (QED) is 0.134. The Hall–Kier alpha value is -3.46. The highest BCUT2D eigenvalue weighted by molar-refractivity contribution is 9.10. The first-order chi connectivity index (χ1) is 18.4. The molecule has 38 heavy (non-hydrogen) atoms. The Morgan fingerprint density at radius 3 is 1.37 bits per heavy atom. The van der Waals surface area contributed by atoms with E-state index in [0.29, 0.717) is 0 Å². The highest BCUT2D eigenvalue weighted by atomic mass is 79.9. The monoisotopic (exact) mass is 614 g/mol. The van der Waals surface area contributed by atoms with Gasteiger partial charge in [-0.25, -0.2) is 0 Å². The summed E-state index contributed by atoms with van der Waals surface area (Å²) in [5.41, 5.74) is 7.60. The number of halogens is 2. The second kappa shape index (κ2) is 9.08. The molecule has 7 aromatic carbocycles. The maximum atomic E-state index is 3.74. The predicted octanol–water partition coefficient (Wildman–Crippen LogP) is 11.8. The second-order valence-corrected chi connectivity index (χ2v) is 12.1. The summed E-state index contributed by atoms with van der Waals surface area (Å²) in [6, 6.07) is 40.5. The van der Waals surface area contributed by atoms with Crippen LogP contribution in [0.1, 0.15) is 11.1 Å². The van der Waals surface area contributed by atoms with Crippen molar-refractivity contribution in [2.75, 3.05) is 0 Å². The van der Waals surface area contributed by atoms with Crippen molar-refractivity contribution in [1.82, 2.24) is 0 Å². The molecule has 0 saturated carbocycles. The van der Waals surface area contributed by atoms with E-state index >= 15 is 0 Å². The van der Waals surface area contributed by atoms with Crippen molar-refractivity contribution < 1.29 is 0 Å². The molecule has 0 radical (unpaired) electrons. The van der Waals surface area contributed by atoms with Crippen molar-refractivity contribution in [3.63, 3.8) is 0 Å². The lowest BCUT2D eigenvalue weighted by Crippen LogP contribution is -1.90. The first-order valence-electron chi connectivity index (χ1n) is 12.8. The van der Waals surface area contributed by atoms with Crippen molar-refractivity contribution >= 4 is 74.9 Å². The molecule has 2 heteroatoms. The third-order valence-corrected chi connectivity index (χ3v) is 8.56. The van der Waals surface area contributed by atoms with E-state index < -0.39 is 0 Å². The summed E-state index contributed by atoms with van der Waals surface area (Å²) in [7, 11) is 0. The van der Waals surface area contributed by atoms with Crippen LogP contribution in [0.5, 0.6) is 0 Å². The molecule has 0 atom stereocenters. The number of fused-ring (bicyclic) bond motifs is 6. The van der Waals surface area contributed by atoms with Crippen molar-refractivity contribution in [3.8, 4) is 22.3 Å². The minimum absolute atomic E-state index is 1.09. The van der Waals surface area contributed by atoms with Crippen LogP contribution in [0.25, 0.3) is 65.3 Å². The zero-order chi connectivity index (χ0) is 26.0. The van der Waals surface area contributed by atoms with Gasteiger partial charge in [0.2, 0.25) is 0 Å². The zero-order valence-electron chi connectivity index (χ0n) is 21.1. The average molecular weight is 616 g/mol. The number of hydrogen-bond acceptors (Lipinski definition) is 0. The Balaban J connectivity index is 1.61. The van der Waals surface area contributed by atoms with Gasteiger partial charge in [-0.15, -0.1) is 0 Å². The van der Waals surface area contributed by atoms with Gasteiger partial charge in [0, 0.05) is 8.95 Å². The molecule has 0 nitrogen and oxygen atoms in total. The van der Waals surface area contributed by atoms with Crippen LogP contribution >= 0.6 is 31.9 Å². The van der Waals surface area contributed by atoms with Crippen LogP contribution in [0.4, 0.5) is 0 Å². The summed E-state index contributed by atoms with van der Waals surface area (Å²) < 4.78 is 2.18. The SMILES string of the molecule is Cc1cc(C)cc(-c2ccc(-c3c4c(ccc5ccc(Br)cc54)cc4ccc5ccc(Br)cc5c34)cc2)c1. The smallest absolute Gasteiger partial charge is 0.0181 e. The van der Waals surface area contributed by atoms with Gasteiger partial charge in [-0.2, -0.15) is 0 Å². The lowest BCUT2D eigenvalue weighted by atomic mass is 9.86. The van der Waals surface area contributed by atoms with Crippen molar-refractivity contribution in [1.29, 1.82) is 0 Å². The average Bonchev–Trinajstić information content (AvgIpc) is 2.91. The third-order valence-electron chi connectivity index (χ3n) is 7.57. The maximum Gasteiger partial charge on any atom is 0.0181 e. The van der Waals surface area contributed by atoms with Crippen molar-refractivity contribution in [2.24, 2.45) is 0 Å². The molecular formula is C36H24Br2. The summed E-state index contributed by atoms with van der Waals surface area (Å²) in [5, 5.41) is 10.1.